The van der Waals surface area contributed by atoms with E-state index in [1.165, 1.54) is 27.7 Å². The van der Waals surface area contributed by atoms with Gasteiger partial charge in [-0.3, -0.25) is 9.59 Å². The molecular formula is C19H21I3N2O8. The first kappa shape index (κ1) is 28.8. The number of esters is 3. The molecule has 0 saturated carbocycles. The maximum absolute atomic E-state index is 13.2. The first-order valence-corrected chi connectivity index (χ1v) is 12.4. The molecule has 0 fully saturated rings. The molecule has 2 amide bonds. The van der Waals surface area contributed by atoms with Gasteiger partial charge in [0.05, 0.1) is 40.9 Å². The third-order valence-electron chi connectivity index (χ3n) is 3.75. The maximum Gasteiger partial charge on any atom is 0.362 e. The fourth-order valence-electron chi connectivity index (χ4n) is 2.36. The van der Waals surface area contributed by atoms with Gasteiger partial charge >= 0.3 is 23.5 Å². The molecule has 0 bridgehead atoms. The van der Waals surface area contributed by atoms with Crippen LogP contribution in [-0.2, 0) is 33.4 Å². The Morgan fingerprint density at radius 2 is 1.16 bits per heavy atom. The summed E-state index contributed by atoms with van der Waals surface area (Å²) in [6.45, 7) is 6.63. The number of benzene rings is 1. The van der Waals surface area contributed by atoms with Gasteiger partial charge in [0, 0.05) is 13.8 Å². The smallest absolute Gasteiger partial charge is 0.362 e. The molecule has 1 rings (SSSR count). The number of nitrogens with one attached hydrogen (secondary N) is 2. The fraction of sp³-hybridized carbons (Fsp3) is 0.421. The van der Waals surface area contributed by atoms with Crippen LogP contribution in [0.4, 0.5) is 11.4 Å². The summed E-state index contributed by atoms with van der Waals surface area (Å²) in [5.41, 5.74) is -1.88. The molecule has 1 aromatic carbocycles. The van der Waals surface area contributed by atoms with Crippen molar-refractivity contribution in [3.05, 3.63) is 16.3 Å². The molecule has 0 aliphatic carbocycles. The molecule has 0 saturated heterocycles. The average molecular weight is 786 g/mol. The van der Waals surface area contributed by atoms with Crippen LogP contribution < -0.4 is 10.6 Å². The highest BCUT2D eigenvalue weighted by molar-refractivity contribution is 14.1. The highest BCUT2D eigenvalue weighted by atomic mass is 127. The van der Waals surface area contributed by atoms with Gasteiger partial charge in [0.1, 0.15) is 0 Å². The molecule has 13 heteroatoms. The summed E-state index contributed by atoms with van der Waals surface area (Å²) in [6.07, 6.45) is 0. The van der Waals surface area contributed by atoms with E-state index < -0.39 is 35.3 Å². The molecule has 0 atom stereocenters. The van der Waals surface area contributed by atoms with Gasteiger partial charge in [0.2, 0.25) is 11.8 Å². The standard InChI is InChI=1S/C19H21I3N2O8/c1-6-30-17(28)19(5,18(29)31-7-2)32-16(27)10-11(20)14(23-8(3)25)13(22)15(12(10)21)24-9(4)26/h6-7H2,1-5H3,(H,23,25)(H,24,26). The topological polar surface area (TPSA) is 137 Å². The van der Waals surface area contributed by atoms with Crippen LogP contribution in [0.1, 0.15) is 45.0 Å². The first-order chi connectivity index (χ1) is 14.8. The number of hydrogen-bond acceptors (Lipinski definition) is 8. The molecule has 176 valence electrons. The van der Waals surface area contributed by atoms with Crippen LogP contribution in [-0.4, -0.2) is 48.5 Å². The van der Waals surface area contributed by atoms with Crippen molar-refractivity contribution in [2.24, 2.45) is 0 Å². The lowest BCUT2D eigenvalue weighted by Gasteiger charge is -2.26. The summed E-state index contributed by atoms with van der Waals surface area (Å²) in [6, 6.07) is 0. The minimum absolute atomic E-state index is 0.0522. The van der Waals surface area contributed by atoms with E-state index >= 15 is 0 Å². The van der Waals surface area contributed by atoms with Gasteiger partial charge in [-0.15, -0.1) is 0 Å². The van der Waals surface area contributed by atoms with E-state index in [9.17, 15) is 24.0 Å². The lowest BCUT2D eigenvalue weighted by atomic mass is 10.1. The summed E-state index contributed by atoms with van der Waals surface area (Å²) in [7, 11) is 0. The molecule has 1 aromatic rings. The second kappa shape index (κ2) is 12.3. The van der Waals surface area contributed by atoms with Crippen molar-refractivity contribution in [2.75, 3.05) is 23.8 Å². The van der Waals surface area contributed by atoms with E-state index in [-0.39, 0.29) is 30.2 Å². The Hall–Kier alpha value is -1.24. The summed E-state index contributed by atoms with van der Waals surface area (Å²) < 4.78 is 16.2. The summed E-state index contributed by atoms with van der Waals surface area (Å²) in [4.78, 5) is 61.6. The van der Waals surface area contributed by atoms with E-state index in [0.717, 1.165) is 6.92 Å². The minimum atomic E-state index is -2.36. The summed E-state index contributed by atoms with van der Waals surface area (Å²) in [5, 5.41) is 5.25. The van der Waals surface area contributed by atoms with E-state index in [1.54, 1.807) is 0 Å². The van der Waals surface area contributed by atoms with Crippen molar-refractivity contribution in [3.8, 4) is 0 Å². The predicted molar refractivity (Wildman–Crippen MR) is 140 cm³/mol. The SMILES string of the molecule is CCOC(=O)C(C)(OC(=O)c1c(I)c(NC(C)=O)c(I)c(NC(C)=O)c1I)C(=O)OCC. The second-order valence-corrected chi connectivity index (χ2v) is 9.53. The van der Waals surface area contributed by atoms with E-state index in [2.05, 4.69) is 10.6 Å². The van der Waals surface area contributed by atoms with Crippen LogP contribution in [0, 0.1) is 10.7 Å². The van der Waals surface area contributed by atoms with Crippen LogP contribution >= 0.6 is 67.8 Å². The quantitative estimate of drug-likeness (QED) is 0.177. The Morgan fingerprint density at radius 1 is 0.781 bits per heavy atom. The van der Waals surface area contributed by atoms with Crippen LogP contribution in [0.2, 0.25) is 0 Å². The predicted octanol–water partition coefficient (Wildman–Crippen LogP) is 3.46. The highest BCUT2D eigenvalue weighted by Gasteiger charge is 2.49. The second-order valence-electron chi connectivity index (χ2n) is 6.29. The molecule has 0 spiro atoms. The number of carbonyl (C=O) groups is 5. The minimum Gasteiger partial charge on any atom is -0.463 e. The normalized spacial score (nSPS) is 10.8. The number of ether oxygens (including phenoxy) is 3. The van der Waals surface area contributed by atoms with Crippen LogP contribution in [0.15, 0.2) is 0 Å². The third kappa shape index (κ3) is 6.64. The molecule has 2 N–H and O–H groups in total. The third-order valence-corrected chi connectivity index (χ3v) is 6.99. The highest BCUT2D eigenvalue weighted by Crippen LogP contribution is 2.39. The molecule has 0 aromatic heterocycles. The number of anilines is 2. The van der Waals surface area contributed by atoms with Crippen molar-refractivity contribution in [1.29, 1.82) is 0 Å². The Labute approximate surface area is 225 Å². The average Bonchev–Trinajstić information content (AvgIpc) is 2.68. The van der Waals surface area contributed by atoms with Gasteiger partial charge < -0.3 is 24.8 Å². The van der Waals surface area contributed by atoms with Crippen molar-refractivity contribution < 1.29 is 38.2 Å². The van der Waals surface area contributed by atoms with Gasteiger partial charge in [-0.1, -0.05) is 0 Å². The molecule has 10 nitrogen and oxygen atoms in total. The van der Waals surface area contributed by atoms with Gasteiger partial charge in [-0.05, 0) is 88.5 Å². The fourth-order valence-corrected chi connectivity index (χ4v) is 6.50. The Morgan fingerprint density at radius 3 is 1.47 bits per heavy atom. The molecule has 0 aliphatic heterocycles. The molecule has 0 aliphatic rings. The number of halogens is 3. The van der Waals surface area contributed by atoms with Crippen molar-refractivity contribution in [3.63, 3.8) is 0 Å². The Kier molecular flexibility index (Phi) is 11.1. The van der Waals surface area contributed by atoms with Crippen LogP contribution in [0.5, 0.6) is 0 Å². The van der Waals surface area contributed by atoms with Crippen LogP contribution in [0.25, 0.3) is 0 Å². The van der Waals surface area contributed by atoms with Crippen LogP contribution in [0.3, 0.4) is 0 Å². The number of hydrogen-bond donors (Lipinski definition) is 2. The largest absolute Gasteiger partial charge is 0.463 e. The lowest BCUT2D eigenvalue weighted by molar-refractivity contribution is -0.181. The lowest BCUT2D eigenvalue weighted by Crippen LogP contribution is -2.50. The van der Waals surface area contributed by atoms with Gasteiger partial charge in [-0.25, -0.2) is 14.4 Å². The first-order valence-electron chi connectivity index (χ1n) is 9.15. The van der Waals surface area contributed by atoms with E-state index in [1.807, 2.05) is 67.8 Å². The zero-order valence-electron chi connectivity index (χ0n) is 17.8. The zero-order valence-corrected chi connectivity index (χ0v) is 24.3. The number of amides is 2. The molecule has 0 heterocycles. The molecular weight excluding hydrogens is 765 g/mol. The zero-order chi connectivity index (χ0) is 24.8. The maximum atomic E-state index is 13.2. The summed E-state index contributed by atoms with van der Waals surface area (Å²) >= 11 is 5.61. The monoisotopic (exact) mass is 786 g/mol. The molecule has 0 unspecified atom stereocenters. The van der Waals surface area contributed by atoms with Crippen molar-refractivity contribution >= 4 is 109 Å². The summed E-state index contributed by atoms with van der Waals surface area (Å²) in [5.74, 6) is -4.04. The van der Waals surface area contributed by atoms with E-state index in [0.29, 0.717) is 10.7 Å². The van der Waals surface area contributed by atoms with Crippen molar-refractivity contribution in [2.45, 2.75) is 40.2 Å². The van der Waals surface area contributed by atoms with Gasteiger partial charge in [-0.2, -0.15) is 0 Å². The Bertz CT molecular complexity index is 903. The van der Waals surface area contributed by atoms with Crippen molar-refractivity contribution in [1.82, 2.24) is 0 Å². The Balaban J connectivity index is 3.68. The van der Waals surface area contributed by atoms with Gasteiger partial charge in [0.25, 0.3) is 0 Å². The number of rotatable bonds is 8. The molecule has 32 heavy (non-hydrogen) atoms. The molecule has 0 radical (unpaired) electrons. The number of carbonyl (C=O) groups excluding carboxylic acids is 5. The van der Waals surface area contributed by atoms with Gasteiger partial charge in [0.15, 0.2) is 0 Å². The van der Waals surface area contributed by atoms with E-state index in [4.69, 9.17) is 14.2 Å².